The van der Waals surface area contributed by atoms with Crippen molar-refractivity contribution in [2.24, 2.45) is 5.73 Å². The minimum Gasteiger partial charge on any atom is -0.340 e. The van der Waals surface area contributed by atoms with Gasteiger partial charge in [0.1, 0.15) is 0 Å². The molecule has 0 saturated carbocycles. The van der Waals surface area contributed by atoms with E-state index in [0.29, 0.717) is 5.56 Å². The molecule has 0 aliphatic carbocycles. The Bertz CT molecular complexity index is 288. The van der Waals surface area contributed by atoms with Gasteiger partial charge < -0.3 is 11.1 Å². The van der Waals surface area contributed by atoms with Crippen LogP contribution in [0.3, 0.4) is 0 Å². The highest BCUT2D eigenvalue weighted by Gasteiger charge is 2.02. The smallest absolute Gasteiger partial charge is 0.252 e. The van der Waals surface area contributed by atoms with Crippen LogP contribution in [-0.4, -0.2) is 12.6 Å². The third-order valence-electron chi connectivity index (χ3n) is 1.35. The van der Waals surface area contributed by atoms with E-state index in [2.05, 4.69) is 21.2 Å². The van der Waals surface area contributed by atoms with Gasteiger partial charge in [0, 0.05) is 10.0 Å². The van der Waals surface area contributed by atoms with E-state index in [0.717, 1.165) is 4.47 Å². The molecule has 0 aromatic heterocycles. The van der Waals surface area contributed by atoms with Gasteiger partial charge in [0.2, 0.25) is 0 Å². The number of nitrogens with one attached hydrogen (secondary N) is 1. The lowest BCUT2D eigenvalue weighted by atomic mass is 10.2. The number of carbonyl (C=O) groups is 1. The average molecular weight is 229 g/mol. The minimum absolute atomic E-state index is 0.154. The van der Waals surface area contributed by atoms with Crippen LogP contribution in [0, 0.1) is 0 Å². The number of nitrogens with two attached hydrogens (primary N) is 1. The maximum atomic E-state index is 11.2. The van der Waals surface area contributed by atoms with Gasteiger partial charge in [0.05, 0.1) is 6.67 Å². The fourth-order valence-electron chi connectivity index (χ4n) is 0.824. The second-order valence-electron chi connectivity index (χ2n) is 2.22. The lowest BCUT2D eigenvalue weighted by molar-refractivity contribution is 0.0955. The van der Waals surface area contributed by atoms with E-state index in [4.69, 9.17) is 5.73 Å². The summed E-state index contributed by atoms with van der Waals surface area (Å²) in [7, 11) is 0. The van der Waals surface area contributed by atoms with E-state index < -0.39 is 0 Å². The molecule has 1 amide bonds. The highest BCUT2D eigenvalue weighted by molar-refractivity contribution is 9.10. The number of rotatable bonds is 2. The van der Waals surface area contributed by atoms with Gasteiger partial charge in [-0.3, -0.25) is 4.79 Å². The van der Waals surface area contributed by atoms with Gasteiger partial charge in [-0.1, -0.05) is 22.0 Å². The normalized spacial score (nSPS) is 9.50. The van der Waals surface area contributed by atoms with Crippen LogP contribution in [0.1, 0.15) is 10.4 Å². The second-order valence-corrected chi connectivity index (χ2v) is 3.14. The first-order valence-electron chi connectivity index (χ1n) is 3.48. The molecular weight excluding hydrogens is 220 g/mol. The van der Waals surface area contributed by atoms with E-state index in [-0.39, 0.29) is 12.6 Å². The molecule has 0 atom stereocenters. The summed E-state index contributed by atoms with van der Waals surface area (Å²) in [5.74, 6) is -0.154. The van der Waals surface area contributed by atoms with Crippen LogP contribution in [0.15, 0.2) is 28.7 Å². The average Bonchev–Trinajstić information content (AvgIpc) is 2.05. The maximum absolute atomic E-state index is 11.2. The van der Waals surface area contributed by atoms with Crippen LogP contribution in [0.2, 0.25) is 0 Å². The van der Waals surface area contributed by atoms with Crippen LogP contribution >= 0.6 is 15.9 Å². The Balaban J connectivity index is 2.81. The lowest BCUT2D eigenvalue weighted by Crippen LogP contribution is -2.29. The van der Waals surface area contributed by atoms with Crippen LogP contribution in [0.25, 0.3) is 0 Å². The van der Waals surface area contributed by atoms with Gasteiger partial charge in [0.15, 0.2) is 0 Å². The zero-order valence-corrected chi connectivity index (χ0v) is 7.97. The molecule has 0 aliphatic rings. The molecule has 0 aliphatic heterocycles. The monoisotopic (exact) mass is 228 g/mol. The van der Waals surface area contributed by atoms with Gasteiger partial charge in [-0.25, -0.2) is 0 Å². The van der Waals surface area contributed by atoms with Crippen molar-refractivity contribution in [3.05, 3.63) is 34.3 Å². The number of hydrogen-bond acceptors (Lipinski definition) is 2. The molecule has 4 heteroatoms. The summed E-state index contributed by atoms with van der Waals surface area (Å²) in [6, 6.07) is 7.13. The zero-order valence-electron chi connectivity index (χ0n) is 6.38. The molecule has 12 heavy (non-hydrogen) atoms. The first kappa shape index (κ1) is 9.22. The highest BCUT2D eigenvalue weighted by atomic mass is 79.9. The lowest BCUT2D eigenvalue weighted by Gasteiger charge is -2.01. The fourth-order valence-corrected chi connectivity index (χ4v) is 1.22. The third-order valence-corrected chi connectivity index (χ3v) is 1.84. The first-order valence-corrected chi connectivity index (χ1v) is 4.27. The molecule has 1 aromatic carbocycles. The molecule has 0 fully saturated rings. The van der Waals surface area contributed by atoms with Crippen molar-refractivity contribution in [3.63, 3.8) is 0 Å². The summed E-state index contributed by atoms with van der Waals surface area (Å²) in [6.07, 6.45) is 0. The second kappa shape index (κ2) is 4.23. The van der Waals surface area contributed by atoms with Crippen molar-refractivity contribution in [2.45, 2.75) is 0 Å². The Morgan fingerprint density at radius 1 is 1.58 bits per heavy atom. The van der Waals surface area contributed by atoms with Gasteiger partial charge in [0.25, 0.3) is 5.91 Å². The summed E-state index contributed by atoms with van der Waals surface area (Å²) in [6.45, 7) is 0.158. The van der Waals surface area contributed by atoms with Crippen molar-refractivity contribution in [1.82, 2.24) is 5.32 Å². The number of amides is 1. The molecule has 3 N–H and O–H groups in total. The molecule has 3 nitrogen and oxygen atoms in total. The number of benzene rings is 1. The molecule has 0 radical (unpaired) electrons. The summed E-state index contributed by atoms with van der Waals surface area (Å²) in [4.78, 5) is 11.2. The number of halogens is 1. The number of carbonyl (C=O) groups excluding carboxylic acids is 1. The largest absolute Gasteiger partial charge is 0.340 e. The SMILES string of the molecule is NCNC(=O)c1cccc(Br)c1. The summed E-state index contributed by atoms with van der Waals surface area (Å²) in [5.41, 5.74) is 5.77. The molecular formula is C8H9BrN2O. The van der Waals surface area contributed by atoms with Crippen molar-refractivity contribution < 1.29 is 4.79 Å². The molecule has 64 valence electrons. The van der Waals surface area contributed by atoms with Gasteiger partial charge >= 0.3 is 0 Å². The molecule has 0 heterocycles. The Labute approximate surface area is 79.1 Å². The fraction of sp³-hybridized carbons (Fsp3) is 0.125. The Morgan fingerprint density at radius 2 is 2.33 bits per heavy atom. The van der Waals surface area contributed by atoms with E-state index in [1.807, 2.05) is 6.07 Å². The predicted molar refractivity (Wildman–Crippen MR) is 50.7 cm³/mol. The quantitative estimate of drug-likeness (QED) is 0.746. The van der Waals surface area contributed by atoms with Crippen molar-refractivity contribution in [3.8, 4) is 0 Å². The first-order chi connectivity index (χ1) is 5.74. The molecule has 0 bridgehead atoms. The molecule has 1 rings (SSSR count). The van der Waals surface area contributed by atoms with Crippen LogP contribution in [0.4, 0.5) is 0 Å². The Kier molecular flexibility index (Phi) is 3.25. The number of hydrogen-bond donors (Lipinski definition) is 2. The molecule has 0 spiro atoms. The van der Waals surface area contributed by atoms with E-state index >= 15 is 0 Å². The molecule has 1 aromatic rings. The van der Waals surface area contributed by atoms with Gasteiger partial charge in [-0.05, 0) is 18.2 Å². The Morgan fingerprint density at radius 3 is 2.92 bits per heavy atom. The van der Waals surface area contributed by atoms with Gasteiger partial charge in [-0.2, -0.15) is 0 Å². The van der Waals surface area contributed by atoms with E-state index in [1.165, 1.54) is 0 Å². The standard InChI is InChI=1S/C8H9BrN2O/c9-7-3-1-2-6(4-7)8(12)11-5-10/h1-4H,5,10H2,(H,11,12). The van der Waals surface area contributed by atoms with Crippen molar-refractivity contribution in [1.29, 1.82) is 0 Å². The summed E-state index contributed by atoms with van der Waals surface area (Å²) in [5, 5.41) is 2.51. The summed E-state index contributed by atoms with van der Waals surface area (Å²) >= 11 is 3.27. The van der Waals surface area contributed by atoms with Crippen molar-refractivity contribution in [2.75, 3.05) is 6.67 Å². The molecule has 0 unspecified atom stereocenters. The topological polar surface area (TPSA) is 55.1 Å². The third kappa shape index (κ3) is 2.32. The molecule has 0 saturated heterocycles. The van der Waals surface area contributed by atoms with Crippen molar-refractivity contribution >= 4 is 21.8 Å². The van der Waals surface area contributed by atoms with E-state index in [1.54, 1.807) is 18.2 Å². The summed E-state index contributed by atoms with van der Waals surface area (Å²) < 4.78 is 0.882. The highest BCUT2D eigenvalue weighted by Crippen LogP contribution is 2.11. The Hall–Kier alpha value is -0.870. The maximum Gasteiger partial charge on any atom is 0.252 e. The van der Waals surface area contributed by atoms with E-state index in [9.17, 15) is 4.79 Å². The van der Waals surface area contributed by atoms with Crippen LogP contribution < -0.4 is 11.1 Å². The van der Waals surface area contributed by atoms with Crippen LogP contribution in [-0.2, 0) is 0 Å². The zero-order chi connectivity index (χ0) is 8.97. The van der Waals surface area contributed by atoms with Crippen LogP contribution in [0.5, 0.6) is 0 Å². The minimum atomic E-state index is -0.154. The predicted octanol–water partition coefficient (Wildman–Crippen LogP) is 1.10. The van der Waals surface area contributed by atoms with Gasteiger partial charge in [-0.15, -0.1) is 0 Å².